The zero-order valence-corrected chi connectivity index (χ0v) is 14.9. The summed E-state index contributed by atoms with van der Waals surface area (Å²) in [7, 11) is -0.418. The standard InChI is InChI=1S/C15H19BBrNO5/c1-15(2,3)22-14(19)18-6-11-13(17)10-4-5-20-7-9-8-21-16(23-11)12(9)10/h4-5,11H,6-8H2,1-3H3,(H,18,19). The molecule has 0 aromatic carbocycles. The van der Waals surface area contributed by atoms with Gasteiger partial charge < -0.3 is 24.1 Å². The normalized spacial score (nSPS) is 23.5. The molecule has 1 atom stereocenters. The summed E-state index contributed by atoms with van der Waals surface area (Å²) in [6.07, 6.45) is 2.76. The number of carbonyl (C=O) groups is 1. The smallest absolute Gasteiger partial charge is 0.495 e. The van der Waals surface area contributed by atoms with Crippen LogP contribution in [0.15, 0.2) is 33.4 Å². The van der Waals surface area contributed by atoms with Gasteiger partial charge in [0.1, 0.15) is 12.2 Å². The minimum Gasteiger partial charge on any atom is -0.497 e. The average molecular weight is 384 g/mol. The van der Waals surface area contributed by atoms with Crippen molar-refractivity contribution in [2.75, 3.05) is 19.8 Å². The zero-order chi connectivity index (χ0) is 16.6. The summed E-state index contributed by atoms with van der Waals surface area (Å²) in [5.41, 5.74) is 2.58. The van der Waals surface area contributed by atoms with Crippen LogP contribution in [0.3, 0.4) is 0 Å². The first-order valence-electron chi connectivity index (χ1n) is 7.49. The van der Waals surface area contributed by atoms with E-state index in [0.29, 0.717) is 13.2 Å². The van der Waals surface area contributed by atoms with E-state index < -0.39 is 18.8 Å². The molecule has 6 nitrogen and oxygen atoms in total. The van der Waals surface area contributed by atoms with Crippen molar-refractivity contribution in [2.24, 2.45) is 0 Å². The summed E-state index contributed by atoms with van der Waals surface area (Å²) >= 11 is 3.59. The third-order valence-electron chi connectivity index (χ3n) is 3.56. The quantitative estimate of drug-likeness (QED) is 0.742. The molecule has 1 N–H and O–H groups in total. The molecule has 0 aliphatic carbocycles. The van der Waals surface area contributed by atoms with Crippen molar-refractivity contribution in [1.82, 2.24) is 5.32 Å². The van der Waals surface area contributed by atoms with E-state index in [0.717, 1.165) is 21.1 Å². The highest BCUT2D eigenvalue weighted by atomic mass is 79.9. The summed E-state index contributed by atoms with van der Waals surface area (Å²) in [5.74, 6) is 0. The molecular formula is C15H19BBrNO5. The van der Waals surface area contributed by atoms with Crippen LogP contribution in [0.2, 0.25) is 0 Å². The van der Waals surface area contributed by atoms with E-state index in [9.17, 15) is 4.79 Å². The number of alkyl carbamates (subject to hydrolysis) is 1. The first-order valence-corrected chi connectivity index (χ1v) is 8.28. The monoisotopic (exact) mass is 383 g/mol. The van der Waals surface area contributed by atoms with E-state index in [-0.39, 0.29) is 12.6 Å². The third-order valence-corrected chi connectivity index (χ3v) is 4.50. The first kappa shape index (κ1) is 16.6. The molecule has 0 spiro atoms. The van der Waals surface area contributed by atoms with Crippen LogP contribution in [-0.4, -0.2) is 44.7 Å². The SMILES string of the molecule is CC(C)(C)OC(=O)NCC1OB2OCC3=C2C(=C1Br)C=COC3. The highest BCUT2D eigenvalue weighted by Gasteiger charge is 2.43. The van der Waals surface area contributed by atoms with Crippen molar-refractivity contribution in [3.8, 4) is 0 Å². The molecule has 0 fully saturated rings. The summed E-state index contributed by atoms with van der Waals surface area (Å²) in [6.45, 7) is 6.76. The van der Waals surface area contributed by atoms with Crippen LogP contribution in [-0.2, 0) is 18.8 Å². The van der Waals surface area contributed by atoms with Gasteiger partial charge in [0.15, 0.2) is 0 Å². The van der Waals surface area contributed by atoms with Gasteiger partial charge >= 0.3 is 13.2 Å². The number of allylic oxidation sites excluding steroid dienone is 3. The van der Waals surface area contributed by atoms with Crippen molar-refractivity contribution in [3.05, 3.63) is 33.4 Å². The Kier molecular flexibility index (Phi) is 4.57. The lowest BCUT2D eigenvalue weighted by molar-refractivity contribution is 0.0503. The molecule has 23 heavy (non-hydrogen) atoms. The maximum atomic E-state index is 11.8. The molecule has 0 radical (unpaired) electrons. The largest absolute Gasteiger partial charge is 0.497 e. The van der Waals surface area contributed by atoms with Gasteiger partial charge in [0, 0.05) is 4.48 Å². The molecule has 3 heterocycles. The zero-order valence-electron chi connectivity index (χ0n) is 13.3. The molecule has 3 aliphatic rings. The second-order valence-electron chi connectivity index (χ2n) is 6.54. The molecule has 0 bridgehead atoms. The first-order chi connectivity index (χ1) is 10.8. The number of nitrogens with one attached hydrogen (secondary N) is 1. The number of hydrogen-bond acceptors (Lipinski definition) is 5. The predicted octanol–water partition coefficient (Wildman–Crippen LogP) is 2.46. The van der Waals surface area contributed by atoms with Crippen LogP contribution >= 0.6 is 15.9 Å². The Morgan fingerprint density at radius 3 is 3.00 bits per heavy atom. The molecule has 3 aliphatic heterocycles. The molecule has 0 saturated heterocycles. The molecule has 124 valence electrons. The third kappa shape index (κ3) is 3.64. The summed E-state index contributed by atoms with van der Waals surface area (Å²) in [4.78, 5) is 11.8. The van der Waals surface area contributed by atoms with Crippen molar-refractivity contribution in [2.45, 2.75) is 32.5 Å². The summed E-state index contributed by atoms with van der Waals surface area (Å²) < 4.78 is 23.2. The maximum absolute atomic E-state index is 11.8. The fourth-order valence-electron chi connectivity index (χ4n) is 2.62. The number of rotatable bonds is 2. The highest BCUT2D eigenvalue weighted by Crippen LogP contribution is 2.39. The summed E-state index contributed by atoms with van der Waals surface area (Å²) in [6, 6.07) is 0. The van der Waals surface area contributed by atoms with Crippen molar-refractivity contribution in [3.63, 3.8) is 0 Å². The van der Waals surface area contributed by atoms with Gasteiger partial charge in [-0.3, -0.25) is 0 Å². The summed E-state index contributed by atoms with van der Waals surface area (Å²) in [5, 5.41) is 2.73. The Balaban J connectivity index is 1.73. The Bertz CT molecular complexity index is 607. The molecule has 8 heteroatoms. The molecule has 1 amide bonds. The lowest BCUT2D eigenvalue weighted by atomic mass is 9.70. The number of ether oxygens (including phenoxy) is 2. The lowest BCUT2D eigenvalue weighted by Crippen LogP contribution is -2.43. The molecule has 0 saturated carbocycles. The van der Waals surface area contributed by atoms with Crippen molar-refractivity contribution < 1.29 is 23.6 Å². The molecule has 1 unspecified atom stereocenters. The predicted molar refractivity (Wildman–Crippen MR) is 88.9 cm³/mol. The minimum absolute atomic E-state index is 0.288. The fraction of sp³-hybridized carbons (Fsp3) is 0.533. The van der Waals surface area contributed by atoms with Crippen LogP contribution < -0.4 is 5.32 Å². The van der Waals surface area contributed by atoms with Crippen LogP contribution in [0.4, 0.5) is 4.79 Å². The number of carbonyl (C=O) groups excluding carboxylic acids is 1. The maximum Gasteiger partial charge on any atom is 0.495 e. The van der Waals surface area contributed by atoms with Gasteiger partial charge in [0.05, 0.1) is 25.5 Å². The molecule has 0 aromatic heterocycles. The lowest BCUT2D eigenvalue weighted by Gasteiger charge is -2.29. The van der Waals surface area contributed by atoms with Gasteiger partial charge in [-0.05, 0) is 43.5 Å². The molecule has 3 rings (SSSR count). The average Bonchev–Trinajstić information content (AvgIpc) is 2.72. The Labute approximate surface area is 144 Å². The Morgan fingerprint density at radius 2 is 2.26 bits per heavy atom. The van der Waals surface area contributed by atoms with Gasteiger partial charge in [-0.25, -0.2) is 4.79 Å². The molecular weight excluding hydrogens is 365 g/mol. The van der Waals surface area contributed by atoms with Crippen LogP contribution in [0.1, 0.15) is 20.8 Å². The molecule has 0 aromatic rings. The van der Waals surface area contributed by atoms with Gasteiger partial charge in [0.2, 0.25) is 0 Å². The van der Waals surface area contributed by atoms with E-state index in [2.05, 4.69) is 21.2 Å². The Morgan fingerprint density at radius 1 is 1.48 bits per heavy atom. The number of halogens is 1. The van der Waals surface area contributed by atoms with Crippen LogP contribution in [0.25, 0.3) is 0 Å². The van der Waals surface area contributed by atoms with Gasteiger partial charge in [-0.2, -0.15) is 0 Å². The Hall–Kier alpha value is -1.25. The van der Waals surface area contributed by atoms with E-state index in [1.807, 2.05) is 26.8 Å². The topological polar surface area (TPSA) is 66.0 Å². The minimum atomic E-state index is -0.534. The van der Waals surface area contributed by atoms with Crippen molar-refractivity contribution >= 4 is 29.1 Å². The van der Waals surface area contributed by atoms with E-state index in [4.69, 9.17) is 18.8 Å². The van der Waals surface area contributed by atoms with E-state index in [1.54, 1.807) is 6.26 Å². The van der Waals surface area contributed by atoms with Gasteiger partial charge in [-0.1, -0.05) is 15.9 Å². The second-order valence-corrected chi connectivity index (χ2v) is 7.40. The number of hydrogen-bond donors (Lipinski definition) is 1. The number of amides is 1. The fourth-order valence-corrected chi connectivity index (χ4v) is 3.24. The second kappa shape index (κ2) is 6.34. The van der Waals surface area contributed by atoms with Gasteiger partial charge in [-0.15, -0.1) is 0 Å². The van der Waals surface area contributed by atoms with Crippen LogP contribution in [0.5, 0.6) is 0 Å². The highest BCUT2D eigenvalue weighted by molar-refractivity contribution is 9.11. The van der Waals surface area contributed by atoms with Gasteiger partial charge in [0.25, 0.3) is 0 Å². The van der Waals surface area contributed by atoms with Crippen LogP contribution in [0, 0.1) is 0 Å². The van der Waals surface area contributed by atoms with Crippen molar-refractivity contribution in [1.29, 1.82) is 0 Å². The van der Waals surface area contributed by atoms with E-state index in [1.165, 1.54) is 0 Å². The van der Waals surface area contributed by atoms with E-state index >= 15 is 0 Å².